The summed E-state index contributed by atoms with van der Waals surface area (Å²) in [5.74, 6) is -1.28. The molecule has 7 rings (SSSR count). The van der Waals surface area contributed by atoms with Gasteiger partial charge in [-0.25, -0.2) is 25.3 Å². The maximum Gasteiger partial charge on any atom is 0.263 e. The van der Waals surface area contributed by atoms with Crippen LogP contribution in [-0.4, -0.2) is 90.0 Å². The molecule has 1 heterocycles. The second-order valence-corrected chi connectivity index (χ2v) is 31.4. The number of hydrogen-bond donors (Lipinski definition) is 4. The molecule has 1 amide bonds. The molecule has 1 aliphatic rings. The average Bonchev–Trinajstić information content (AvgIpc) is 0.756. The van der Waals surface area contributed by atoms with Crippen molar-refractivity contribution < 1.29 is 45.0 Å². The van der Waals surface area contributed by atoms with E-state index in [2.05, 4.69) is 33.5 Å². The van der Waals surface area contributed by atoms with Gasteiger partial charge in [0.15, 0.2) is 0 Å². The van der Waals surface area contributed by atoms with Gasteiger partial charge in [0, 0.05) is 47.7 Å². The second-order valence-electron chi connectivity index (χ2n) is 25.8. The predicted octanol–water partition coefficient (Wildman–Crippen LogP) is 20.8. The summed E-state index contributed by atoms with van der Waals surface area (Å²) >= 11 is 6.72. The molecule has 0 bridgehead atoms. The SMILES string of the molecule is CCCCCCCCCCCCCCCCCCCN(CCCCCCCCCCCCCCCCCCC)C(=O)c1cc(NS(=O)(=O)c2cc(N=Nc3cc(S(=O)(=O)N4CCOCC4)c(O)c4cccc(NS(=O)(=O)c5ccccc5)c34)ccc2Cl)c2ccccc2c1O. The number of halogens is 1. The number of phenols is 2. The monoisotopic (exact) mass is 1380 g/mol. The number of benzene rings is 6. The smallest absolute Gasteiger partial charge is 0.263 e. The first-order valence-corrected chi connectivity index (χ1v) is 40.6. The molecule has 95 heavy (non-hydrogen) atoms. The number of phenolic OH excluding ortho intramolecular Hbond substituents is 2. The van der Waals surface area contributed by atoms with E-state index in [1.165, 1.54) is 226 Å². The van der Waals surface area contributed by atoms with Crippen molar-refractivity contribution in [3.63, 3.8) is 0 Å². The summed E-state index contributed by atoms with van der Waals surface area (Å²) in [6.07, 6.45) is 42.3. The minimum atomic E-state index is -4.62. The van der Waals surface area contributed by atoms with E-state index in [0.29, 0.717) is 18.5 Å². The summed E-state index contributed by atoms with van der Waals surface area (Å²) in [7, 11) is -13.2. The number of sulfonamides is 3. The molecule has 0 saturated carbocycles. The number of morpholine rings is 1. The van der Waals surface area contributed by atoms with Gasteiger partial charge < -0.3 is 19.8 Å². The molecule has 0 atom stereocenters. The number of fused-ring (bicyclic) bond motifs is 2. The zero-order valence-electron chi connectivity index (χ0n) is 56.7. The lowest BCUT2D eigenvalue weighted by atomic mass is 10.0. The van der Waals surface area contributed by atoms with E-state index in [4.69, 9.17) is 16.3 Å². The van der Waals surface area contributed by atoms with E-state index in [-0.39, 0.29) is 92.3 Å². The molecular formula is C75H107ClN6O10S3. The van der Waals surface area contributed by atoms with Gasteiger partial charge in [-0.3, -0.25) is 14.2 Å². The van der Waals surface area contributed by atoms with Crippen molar-refractivity contribution in [2.45, 2.75) is 247 Å². The third kappa shape index (κ3) is 24.0. The zero-order valence-corrected chi connectivity index (χ0v) is 59.9. The van der Waals surface area contributed by atoms with E-state index in [1.807, 2.05) is 4.90 Å². The van der Waals surface area contributed by atoms with Crippen molar-refractivity contribution in [2.24, 2.45) is 10.2 Å². The largest absolute Gasteiger partial charge is 0.506 e. The van der Waals surface area contributed by atoms with Gasteiger partial charge in [0.2, 0.25) is 10.0 Å². The Labute approximate surface area is 573 Å². The Balaban J connectivity index is 1.06. The number of azo groups is 1. The number of ether oxygens (including phenoxy) is 1. The lowest BCUT2D eigenvalue weighted by molar-refractivity contribution is 0.0729. The number of nitrogens with zero attached hydrogens (tertiary/aromatic N) is 4. The Morgan fingerprint density at radius 3 is 1.44 bits per heavy atom. The first-order valence-electron chi connectivity index (χ1n) is 35.8. The standard InChI is InChI=1S/C75H107ClN6O10S3/c1-3-5-7-9-11-13-15-17-19-21-23-25-27-29-31-33-40-51-81(52-41-34-32-30-28-26-24-22-20-18-16-14-12-10-8-6-4-2)75(85)65-58-68(62-45-38-39-46-63(62)73(65)83)80-94(88,89)70-57-60(49-50-66(70)76)77-78-69-59-71(95(90,91)82-53-55-92-56-54-82)74(84)64-47-42-48-67(72(64)69)79-93(86,87)61-43-36-35-37-44-61/h35-39,42-50,57-59,79-80,83-84H,3-34,40-41,51-56H2,1-2H3. The van der Waals surface area contributed by atoms with Crippen LogP contribution < -0.4 is 9.44 Å². The molecule has 1 fully saturated rings. The Morgan fingerprint density at radius 2 is 0.937 bits per heavy atom. The number of aromatic hydroxyl groups is 2. The Bertz CT molecular complexity index is 3660. The number of nitrogens with one attached hydrogen (secondary N) is 2. The van der Waals surface area contributed by atoms with Crippen molar-refractivity contribution in [1.29, 1.82) is 0 Å². The molecule has 6 aromatic rings. The lowest BCUT2D eigenvalue weighted by Gasteiger charge is -2.26. The van der Waals surface area contributed by atoms with E-state index in [1.54, 1.807) is 42.5 Å². The highest BCUT2D eigenvalue weighted by molar-refractivity contribution is 7.93. The molecule has 1 aliphatic heterocycles. The molecule has 6 aromatic carbocycles. The fraction of sp³-hybridized carbons (Fsp3) is 0.560. The van der Waals surface area contributed by atoms with Gasteiger partial charge in [0.1, 0.15) is 21.3 Å². The average molecular weight is 1380 g/mol. The number of unbranched alkanes of at least 4 members (excludes halogenated alkanes) is 32. The quantitative estimate of drug-likeness (QED) is 0.0161. The molecule has 0 aromatic heterocycles. The molecule has 522 valence electrons. The summed E-state index contributed by atoms with van der Waals surface area (Å²) in [5.41, 5.74) is -0.273. The van der Waals surface area contributed by atoms with Crippen molar-refractivity contribution in [2.75, 3.05) is 48.8 Å². The zero-order chi connectivity index (χ0) is 67.7. The van der Waals surface area contributed by atoms with Crippen molar-refractivity contribution in [3.05, 3.63) is 114 Å². The fourth-order valence-electron chi connectivity index (χ4n) is 12.7. The summed E-state index contributed by atoms with van der Waals surface area (Å²) in [6, 6.07) is 25.0. The predicted molar refractivity (Wildman–Crippen MR) is 389 cm³/mol. The third-order valence-electron chi connectivity index (χ3n) is 18.3. The van der Waals surface area contributed by atoms with Gasteiger partial charge >= 0.3 is 0 Å². The van der Waals surface area contributed by atoms with Gasteiger partial charge in [-0.2, -0.15) is 9.42 Å². The molecule has 20 heteroatoms. The molecule has 0 radical (unpaired) electrons. The lowest BCUT2D eigenvalue weighted by Crippen LogP contribution is -2.40. The van der Waals surface area contributed by atoms with Crippen LogP contribution in [0.2, 0.25) is 5.02 Å². The van der Waals surface area contributed by atoms with Crippen LogP contribution in [0.25, 0.3) is 21.5 Å². The van der Waals surface area contributed by atoms with Gasteiger partial charge in [0.05, 0.1) is 51.4 Å². The number of carbonyl (C=O) groups is 1. The maximum absolute atomic E-state index is 15.0. The minimum absolute atomic E-state index is 0.00113. The van der Waals surface area contributed by atoms with Crippen LogP contribution in [0, 0.1) is 0 Å². The number of rotatable bonds is 47. The highest BCUT2D eigenvalue weighted by Crippen LogP contribution is 2.45. The van der Waals surface area contributed by atoms with Gasteiger partial charge in [0.25, 0.3) is 26.0 Å². The summed E-state index contributed by atoms with van der Waals surface area (Å²) in [4.78, 5) is 15.8. The highest BCUT2D eigenvalue weighted by atomic mass is 35.5. The van der Waals surface area contributed by atoms with Crippen molar-refractivity contribution in [3.8, 4) is 11.5 Å². The van der Waals surface area contributed by atoms with Crippen molar-refractivity contribution in [1.82, 2.24) is 9.21 Å². The molecular weight excluding hydrogens is 1280 g/mol. The van der Waals surface area contributed by atoms with Gasteiger partial charge in [-0.15, -0.1) is 5.11 Å². The number of anilines is 2. The van der Waals surface area contributed by atoms with E-state index >= 15 is 0 Å². The summed E-state index contributed by atoms with van der Waals surface area (Å²) < 4.78 is 97.3. The van der Waals surface area contributed by atoms with Crippen LogP contribution in [-0.2, 0) is 34.8 Å². The van der Waals surface area contributed by atoms with Gasteiger partial charge in [-0.05, 0) is 61.4 Å². The summed E-state index contributed by atoms with van der Waals surface area (Å²) in [6.45, 7) is 5.80. The molecule has 1 saturated heterocycles. The first kappa shape index (κ1) is 76.5. The van der Waals surface area contributed by atoms with Crippen LogP contribution >= 0.6 is 11.6 Å². The highest BCUT2D eigenvalue weighted by Gasteiger charge is 2.32. The van der Waals surface area contributed by atoms with Crippen LogP contribution in [0.15, 0.2) is 128 Å². The number of amides is 1. The molecule has 0 spiro atoms. The third-order valence-corrected chi connectivity index (χ3v) is 23.4. The molecule has 4 N–H and O–H groups in total. The fourth-order valence-corrected chi connectivity index (χ4v) is 16.9. The molecule has 0 unspecified atom stereocenters. The van der Waals surface area contributed by atoms with Crippen molar-refractivity contribution >= 4 is 91.9 Å². The topological polar surface area (TPSA) is 224 Å². The molecule has 16 nitrogen and oxygen atoms in total. The Kier molecular flexibility index (Phi) is 32.9. The molecule has 0 aliphatic carbocycles. The minimum Gasteiger partial charge on any atom is -0.506 e. The van der Waals surface area contributed by atoms with Gasteiger partial charge in [-0.1, -0.05) is 286 Å². The number of carbonyl (C=O) groups excluding carboxylic acids is 1. The van der Waals surface area contributed by atoms with E-state index in [0.717, 1.165) is 57.4 Å². The van der Waals surface area contributed by atoms with E-state index in [9.17, 15) is 40.3 Å². The Morgan fingerprint density at radius 1 is 0.484 bits per heavy atom. The van der Waals surface area contributed by atoms with Crippen LogP contribution in [0.4, 0.5) is 22.7 Å². The first-order chi connectivity index (χ1) is 46.1. The summed E-state index contributed by atoms with van der Waals surface area (Å²) in [5, 5.41) is 32.9. The van der Waals surface area contributed by atoms with E-state index < -0.39 is 45.6 Å². The number of hydrogen-bond acceptors (Lipinski definition) is 12. The Hall–Kier alpha value is -5.83. The van der Waals surface area contributed by atoms with Crippen LogP contribution in [0.5, 0.6) is 11.5 Å². The maximum atomic E-state index is 15.0. The normalized spacial score (nSPS) is 13.3. The second kappa shape index (κ2) is 40.8. The van der Waals surface area contributed by atoms with Crippen LogP contribution in [0.1, 0.15) is 243 Å². The van der Waals surface area contributed by atoms with Crippen LogP contribution in [0.3, 0.4) is 0 Å².